The highest BCUT2D eigenvalue weighted by Gasteiger charge is 2.31. The summed E-state index contributed by atoms with van der Waals surface area (Å²) in [6.07, 6.45) is 1.29. The van der Waals surface area contributed by atoms with E-state index >= 15 is 0 Å². The van der Waals surface area contributed by atoms with Crippen molar-refractivity contribution >= 4 is 23.1 Å². The number of pyridine rings is 2. The van der Waals surface area contributed by atoms with Crippen LogP contribution in [-0.4, -0.2) is 54.0 Å². The molecule has 0 bridgehead atoms. The predicted molar refractivity (Wildman–Crippen MR) is 173 cm³/mol. The summed E-state index contributed by atoms with van der Waals surface area (Å²) in [5.41, 5.74) is 13.0. The number of fused-ring (bicyclic) bond motifs is 1. The third kappa shape index (κ3) is 5.51. The summed E-state index contributed by atoms with van der Waals surface area (Å²) in [5.74, 6) is -0.594. The van der Waals surface area contributed by atoms with E-state index in [9.17, 15) is 23.2 Å². The molecular weight excluding hydrogens is 606 g/mol. The molecule has 13 heteroatoms. The van der Waals surface area contributed by atoms with Crippen LogP contribution in [0.15, 0.2) is 65.8 Å². The normalized spacial score (nSPS) is 14.0. The molecule has 47 heavy (non-hydrogen) atoms. The van der Waals surface area contributed by atoms with Crippen LogP contribution < -0.4 is 17.0 Å². The molecule has 4 N–H and O–H groups in total. The van der Waals surface area contributed by atoms with Crippen LogP contribution in [0.5, 0.6) is 0 Å². The van der Waals surface area contributed by atoms with Gasteiger partial charge in [-0.25, -0.2) is 23.3 Å². The van der Waals surface area contributed by atoms with E-state index in [2.05, 4.69) is 15.1 Å². The smallest absolute Gasteiger partial charge is 0.270 e. The fourth-order valence-corrected chi connectivity index (χ4v) is 6.54. The third-order valence-electron chi connectivity index (χ3n) is 8.82. The molecule has 0 aliphatic carbocycles. The van der Waals surface area contributed by atoms with Crippen LogP contribution in [0.4, 0.5) is 14.6 Å². The van der Waals surface area contributed by atoms with Crippen molar-refractivity contribution in [3.63, 3.8) is 0 Å². The SMILES string of the molecule is Cc1c(C(F)F)c(-c2ccc(-c3cc(C4CCN(C(=O)C(C)C)CC4)n4ncnc(N)c34)cc2)c(C(N)=O)c(=O)n1-c1ccccn1. The van der Waals surface area contributed by atoms with Crippen molar-refractivity contribution in [1.82, 2.24) is 29.0 Å². The number of hydrogen-bond acceptors (Lipinski definition) is 7. The van der Waals surface area contributed by atoms with Gasteiger partial charge in [-0.2, -0.15) is 5.10 Å². The molecule has 0 unspecified atom stereocenters. The zero-order chi connectivity index (χ0) is 33.6. The second kappa shape index (κ2) is 12.4. The highest BCUT2D eigenvalue weighted by atomic mass is 19.3. The Morgan fingerprint density at radius 2 is 1.68 bits per heavy atom. The first kappa shape index (κ1) is 31.5. The average molecular weight is 641 g/mol. The Balaban J connectivity index is 1.44. The van der Waals surface area contributed by atoms with Crippen LogP contribution in [0.2, 0.25) is 0 Å². The standard InChI is InChI=1S/C34H34F2N8O3/c1-18(2)33(46)42-14-11-21(12-15-42)24-16-23(29-31(37)40-17-41-44(24)29)20-7-9-22(10-8-20)27-26(30(35)36)19(3)43(25-6-4-5-13-39-25)34(47)28(27)32(38)45/h4-10,13,16-18,21,30H,11-12,14-15H2,1-3H3,(H2,38,45)(H2,37,40,41). The van der Waals surface area contributed by atoms with Crippen LogP contribution in [0, 0.1) is 12.8 Å². The maximum atomic E-state index is 14.8. The third-order valence-corrected chi connectivity index (χ3v) is 8.82. The van der Waals surface area contributed by atoms with Gasteiger partial charge < -0.3 is 16.4 Å². The van der Waals surface area contributed by atoms with Gasteiger partial charge in [0, 0.05) is 59.2 Å². The number of amides is 2. The summed E-state index contributed by atoms with van der Waals surface area (Å²) < 4.78 is 32.3. The van der Waals surface area contributed by atoms with Crippen LogP contribution in [0.1, 0.15) is 66.3 Å². The number of benzene rings is 1. The molecule has 4 aromatic heterocycles. The Morgan fingerprint density at radius 1 is 1.00 bits per heavy atom. The summed E-state index contributed by atoms with van der Waals surface area (Å²) >= 11 is 0. The zero-order valence-electron chi connectivity index (χ0n) is 26.2. The Morgan fingerprint density at radius 3 is 2.28 bits per heavy atom. The number of nitrogens with two attached hydrogens (primary N) is 2. The minimum Gasteiger partial charge on any atom is -0.382 e. The van der Waals surface area contributed by atoms with Gasteiger partial charge in [0.25, 0.3) is 17.9 Å². The van der Waals surface area contributed by atoms with E-state index in [0.717, 1.165) is 28.7 Å². The van der Waals surface area contributed by atoms with Crippen LogP contribution in [0.3, 0.4) is 0 Å². The molecule has 0 radical (unpaired) electrons. The number of rotatable bonds is 7. The molecule has 1 aliphatic rings. The number of primary amides is 1. The van der Waals surface area contributed by atoms with Crippen LogP contribution in [-0.2, 0) is 4.79 Å². The van der Waals surface area contributed by atoms with Gasteiger partial charge in [0.2, 0.25) is 5.91 Å². The lowest BCUT2D eigenvalue weighted by Gasteiger charge is -2.33. The van der Waals surface area contributed by atoms with E-state index < -0.39 is 29.0 Å². The van der Waals surface area contributed by atoms with E-state index in [-0.39, 0.29) is 46.2 Å². The first-order valence-corrected chi connectivity index (χ1v) is 15.3. The number of aromatic nitrogens is 5. The molecule has 5 heterocycles. The van der Waals surface area contributed by atoms with Crippen molar-refractivity contribution in [2.75, 3.05) is 18.8 Å². The Labute approximate surface area is 268 Å². The number of alkyl halides is 2. The second-order valence-electron chi connectivity index (χ2n) is 12.0. The molecule has 0 spiro atoms. The molecular formula is C34H34F2N8O3. The number of nitrogens with zero attached hydrogens (tertiary/aromatic N) is 6. The maximum absolute atomic E-state index is 14.8. The second-order valence-corrected chi connectivity index (χ2v) is 12.0. The van der Waals surface area contributed by atoms with Gasteiger partial charge in [0.1, 0.15) is 23.2 Å². The first-order valence-electron chi connectivity index (χ1n) is 15.3. The van der Waals surface area contributed by atoms with Crippen LogP contribution >= 0.6 is 0 Å². The minimum atomic E-state index is -3.03. The van der Waals surface area contributed by atoms with Gasteiger partial charge in [-0.05, 0) is 49.1 Å². The number of carbonyl (C=O) groups excluding carboxylic acids is 2. The fourth-order valence-electron chi connectivity index (χ4n) is 6.54. The van der Waals surface area contributed by atoms with E-state index in [1.165, 1.54) is 25.5 Å². The highest BCUT2D eigenvalue weighted by molar-refractivity contribution is 6.01. The Kier molecular flexibility index (Phi) is 8.31. The number of piperidine rings is 1. The molecule has 1 saturated heterocycles. The molecule has 0 atom stereocenters. The largest absolute Gasteiger partial charge is 0.382 e. The number of carbonyl (C=O) groups is 2. The van der Waals surface area contributed by atoms with Crippen molar-refractivity contribution < 1.29 is 18.4 Å². The quantitative estimate of drug-likeness (QED) is 0.257. The lowest BCUT2D eigenvalue weighted by atomic mass is 9.91. The maximum Gasteiger partial charge on any atom is 0.270 e. The fraction of sp³-hybridized carbons (Fsp3) is 0.294. The van der Waals surface area contributed by atoms with Crippen LogP contribution in [0.25, 0.3) is 33.6 Å². The van der Waals surface area contributed by atoms with E-state index in [1.54, 1.807) is 40.9 Å². The van der Waals surface area contributed by atoms with Gasteiger partial charge >= 0.3 is 0 Å². The zero-order valence-corrected chi connectivity index (χ0v) is 26.2. The van der Waals surface area contributed by atoms with Crippen molar-refractivity contribution in [2.45, 2.75) is 46.0 Å². The Bertz CT molecular complexity index is 2050. The molecule has 6 rings (SSSR count). The number of hydrogen-bond donors (Lipinski definition) is 2. The summed E-state index contributed by atoms with van der Waals surface area (Å²) in [5, 5.41) is 4.49. The topological polar surface area (TPSA) is 154 Å². The highest BCUT2D eigenvalue weighted by Crippen LogP contribution is 2.39. The predicted octanol–water partition coefficient (Wildman–Crippen LogP) is 4.90. The summed E-state index contributed by atoms with van der Waals surface area (Å²) in [4.78, 5) is 49.1. The van der Waals surface area contributed by atoms with Gasteiger partial charge in [0.05, 0.1) is 0 Å². The molecule has 2 amide bonds. The van der Waals surface area contributed by atoms with E-state index in [1.807, 2.05) is 24.8 Å². The molecule has 1 aliphatic heterocycles. The molecule has 242 valence electrons. The molecule has 1 fully saturated rings. The van der Waals surface area contributed by atoms with Gasteiger partial charge in [0.15, 0.2) is 5.82 Å². The van der Waals surface area contributed by atoms with Gasteiger partial charge in [-0.1, -0.05) is 44.2 Å². The molecule has 0 saturated carbocycles. The van der Waals surface area contributed by atoms with Gasteiger partial charge in [-0.3, -0.25) is 19.0 Å². The lowest BCUT2D eigenvalue weighted by molar-refractivity contribution is -0.135. The number of nitrogen functional groups attached to an aromatic ring is 1. The van der Waals surface area contributed by atoms with Crippen molar-refractivity contribution in [3.05, 3.63) is 93.9 Å². The molecule has 5 aromatic rings. The first-order chi connectivity index (χ1) is 22.5. The molecule has 11 nitrogen and oxygen atoms in total. The lowest BCUT2D eigenvalue weighted by Crippen LogP contribution is -2.40. The number of anilines is 1. The average Bonchev–Trinajstić information content (AvgIpc) is 3.45. The summed E-state index contributed by atoms with van der Waals surface area (Å²) in [7, 11) is 0. The molecule has 1 aromatic carbocycles. The Hall–Kier alpha value is -5.46. The summed E-state index contributed by atoms with van der Waals surface area (Å²) in [6, 6.07) is 13.3. The van der Waals surface area contributed by atoms with Crippen molar-refractivity contribution in [2.24, 2.45) is 11.7 Å². The minimum absolute atomic E-state index is 0.0538. The number of halogens is 2. The monoisotopic (exact) mass is 640 g/mol. The van der Waals surface area contributed by atoms with Gasteiger partial charge in [-0.15, -0.1) is 0 Å². The van der Waals surface area contributed by atoms with E-state index in [4.69, 9.17) is 11.5 Å². The van der Waals surface area contributed by atoms with Crippen molar-refractivity contribution in [3.8, 4) is 28.1 Å². The van der Waals surface area contributed by atoms with E-state index in [0.29, 0.717) is 24.2 Å². The summed E-state index contributed by atoms with van der Waals surface area (Å²) in [6.45, 7) is 6.44. The van der Waals surface area contributed by atoms with Crippen molar-refractivity contribution in [1.29, 1.82) is 0 Å². The number of likely N-dealkylation sites (tertiary alicyclic amines) is 1.